The molecule has 168 valence electrons. The third-order valence-electron chi connectivity index (χ3n) is 4.74. The molecule has 0 radical (unpaired) electrons. The van der Waals surface area contributed by atoms with Crippen LogP contribution in [-0.2, 0) is 23.5 Å². The summed E-state index contributed by atoms with van der Waals surface area (Å²) >= 11 is 0. The average molecular weight is 447 g/mol. The number of fused-ring (bicyclic) bond motifs is 2. The van der Waals surface area contributed by atoms with Gasteiger partial charge in [-0.2, -0.15) is 8.42 Å². The largest absolute Gasteiger partial charge is 0.394 e. The fourth-order valence-corrected chi connectivity index (χ4v) is 3.55. The molecule has 0 spiro atoms. The van der Waals surface area contributed by atoms with Crippen LogP contribution in [0.1, 0.15) is 11.4 Å². The molecule has 0 aliphatic heterocycles. The van der Waals surface area contributed by atoms with Crippen molar-refractivity contribution in [1.82, 2.24) is 9.13 Å². The first-order chi connectivity index (χ1) is 14.7. The van der Waals surface area contributed by atoms with Gasteiger partial charge in [-0.05, 0) is 48.9 Å². The molecule has 0 amide bonds. The molecule has 2 aromatic carbocycles. The van der Waals surface area contributed by atoms with E-state index in [1.165, 1.54) is 33.2 Å². The van der Waals surface area contributed by atoms with Gasteiger partial charge in [-0.25, -0.2) is 0 Å². The van der Waals surface area contributed by atoms with Crippen LogP contribution in [0.5, 0.6) is 0 Å². The van der Waals surface area contributed by atoms with Crippen LogP contribution in [-0.4, -0.2) is 39.7 Å². The van der Waals surface area contributed by atoms with Crippen LogP contribution >= 0.6 is 0 Å². The zero-order valence-electron chi connectivity index (χ0n) is 17.8. The molecule has 0 bridgehead atoms. The van der Waals surface area contributed by atoms with Crippen molar-refractivity contribution in [2.75, 3.05) is 13.1 Å². The first-order valence-electron chi connectivity index (χ1n) is 9.85. The molecule has 0 fully saturated rings. The second-order valence-corrected chi connectivity index (χ2v) is 7.91. The molecule has 9 heteroatoms. The minimum atomic E-state index is -4.67. The van der Waals surface area contributed by atoms with Crippen LogP contribution in [0.25, 0.3) is 21.8 Å². The van der Waals surface area contributed by atoms with Crippen molar-refractivity contribution in [3.05, 3.63) is 72.1 Å². The van der Waals surface area contributed by atoms with Gasteiger partial charge in [0, 0.05) is 48.6 Å². The number of rotatable bonds is 4. The maximum Gasteiger partial charge on any atom is 0.394 e. The lowest BCUT2D eigenvalue weighted by molar-refractivity contribution is 0.381. The Morgan fingerprint density at radius 1 is 0.742 bits per heavy atom. The Bertz CT molecular complexity index is 1140. The summed E-state index contributed by atoms with van der Waals surface area (Å²) in [5, 5.41) is 2.60. The highest BCUT2D eigenvalue weighted by molar-refractivity contribution is 7.79. The predicted octanol–water partition coefficient (Wildman–Crippen LogP) is 3.16. The molecule has 0 aliphatic rings. The van der Waals surface area contributed by atoms with Gasteiger partial charge in [-0.3, -0.25) is 9.11 Å². The molecule has 4 rings (SSSR count). The fraction of sp³-hybridized carbons (Fsp3) is 0.273. The van der Waals surface area contributed by atoms with Crippen LogP contribution < -0.4 is 11.5 Å². The molecule has 0 unspecified atom stereocenters. The van der Waals surface area contributed by atoms with Crippen molar-refractivity contribution >= 4 is 32.2 Å². The summed E-state index contributed by atoms with van der Waals surface area (Å²) in [6.45, 7) is 7.43. The number of para-hydroxylation sites is 2. The van der Waals surface area contributed by atoms with E-state index in [1.54, 1.807) is 0 Å². The van der Waals surface area contributed by atoms with Crippen molar-refractivity contribution in [1.29, 1.82) is 0 Å². The van der Waals surface area contributed by atoms with E-state index in [4.69, 9.17) is 29.0 Å². The van der Waals surface area contributed by atoms with Crippen molar-refractivity contribution in [2.45, 2.75) is 26.9 Å². The number of aryl methyl sites for hydroxylation is 2. The Morgan fingerprint density at radius 2 is 1.06 bits per heavy atom. The Balaban J connectivity index is 0.000000182. The topological polar surface area (TPSA) is 136 Å². The zero-order valence-corrected chi connectivity index (χ0v) is 18.6. The maximum atomic E-state index is 8.74. The van der Waals surface area contributed by atoms with Gasteiger partial charge in [0.1, 0.15) is 0 Å². The molecular formula is C22H30N4O4S. The van der Waals surface area contributed by atoms with E-state index < -0.39 is 10.4 Å². The molecule has 2 heterocycles. The molecule has 0 atom stereocenters. The highest BCUT2D eigenvalue weighted by Crippen LogP contribution is 2.19. The number of nitrogens with two attached hydrogens (primary N) is 2. The number of benzene rings is 2. The molecule has 0 saturated heterocycles. The van der Waals surface area contributed by atoms with E-state index in [0.29, 0.717) is 13.1 Å². The van der Waals surface area contributed by atoms with Crippen LogP contribution in [0.3, 0.4) is 0 Å². The van der Waals surface area contributed by atoms with Crippen molar-refractivity contribution < 1.29 is 17.5 Å². The van der Waals surface area contributed by atoms with Gasteiger partial charge in [-0.15, -0.1) is 0 Å². The van der Waals surface area contributed by atoms with Gasteiger partial charge in [0.05, 0.1) is 0 Å². The van der Waals surface area contributed by atoms with Gasteiger partial charge in [0.25, 0.3) is 0 Å². The number of hydrogen-bond donors (Lipinski definition) is 4. The SMILES string of the molecule is Cc1cc2ccccc2n1CCN.Cc1cc2ccccc2n1CCN.O=S(=O)(O)O. The van der Waals surface area contributed by atoms with Gasteiger partial charge < -0.3 is 20.6 Å². The fourth-order valence-electron chi connectivity index (χ4n) is 3.55. The van der Waals surface area contributed by atoms with Crippen molar-refractivity contribution in [2.24, 2.45) is 11.5 Å². The maximum absolute atomic E-state index is 8.74. The van der Waals surface area contributed by atoms with E-state index in [2.05, 4.69) is 83.6 Å². The molecule has 8 nitrogen and oxygen atoms in total. The first kappa shape index (κ1) is 24.6. The summed E-state index contributed by atoms with van der Waals surface area (Å²) < 4.78 is 36.1. The van der Waals surface area contributed by atoms with Crippen LogP contribution in [0.2, 0.25) is 0 Å². The molecule has 4 aromatic rings. The first-order valence-corrected chi connectivity index (χ1v) is 11.2. The minimum absolute atomic E-state index is 0.694. The lowest BCUT2D eigenvalue weighted by atomic mass is 10.2. The average Bonchev–Trinajstić information content (AvgIpc) is 3.18. The normalized spacial score (nSPS) is 11.0. The van der Waals surface area contributed by atoms with Gasteiger partial charge in [0.15, 0.2) is 0 Å². The van der Waals surface area contributed by atoms with Crippen LogP contribution in [0.4, 0.5) is 0 Å². The Labute approximate surface area is 182 Å². The molecule has 2 aromatic heterocycles. The smallest absolute Gasteiger partial charge is 0.344 e. The second kappa shape index (κ2) is 11.1. The van der Waals surface area contributed by atoms with Gasteiger partial charge in [-0.1, -0.05) is 36.4 Å². The highest BCUT2D eigenvalue weighted by atomic mass is 32.3. The van der Waals surface area contributed by atoms with E-state index in [0.717, 1.165) is 13.1 Å². The summed E-state index contributed by atoms with van der Waals surface area (Å²) in [4.78, 5) is 0. The molecule has 0 aliphatic carbocycles. The second-order valence-electron chi connectivity index (χ2n) is 7.02. The van der Waals surface area contributed by atoms with Gasteiger partial charge >= 0.3 is 10.4 Å². The monoisotopic (exact) mass is 446 g/mol. The number of nitrogens with zero attached hydrogens (tertiary/aromatic N) is 2. The van der Waals surface area contributed by atoms with E-state index in [9.17, 15) is 0 Å². The summed E-state index contributed by atoms with van der Waals surface area (Å²) in [6.07, 6.45) is 0. The lowest BCUT2D eigenvalue weighted by Gasteiger charge is -2.05. The quantitative estimate of drug-likeness (QED) is 0.355. The predicted molar refractivity (Wildman–Crippen MR) is 126 cm³/mol. The number of aromatic nitrogens is 2. The molecule has 0 saturated carbocycles. The van der Waals surface area contributed by atoms with Crippen molar-refractivity contribution in [3.8, 4) is 0 Å². The highest BCUT2D eigenvalue weighted by Gasteiger charge is 2.03. The minimum Gasteiger partial charge on any atom is -0.344 e. The zero-order chi connectivity index (χ0) is 23.0. The summed E-state index contributed by atoms with van der Waals surface area (Å²) in [6, 6.07) is 21.2. The van der Waals surface area contributed by atoms with E-state index in [1.807, 2.05) is 0 Å². The number of hydrogen-bond acceptors (Lipinski definition) is 4. The summed E-state index contributed by atoms with van der Waals surface area (Å²) in [7, 11) is -4.67. The molecule has 6 N–H and O–H groups in total. The Morgan fingerprint density at radius 3 is 1.39 bits per heavy atom. The van der Waals surface area contributed by atoms with Crippen LogP contribution in [0, 0.1) is 13.8 Å². The Hall–Kier alpha value is -2.69. The lowest BCUT2D eigenvalue weighted by Crippen LogP contribution is -2.10. The van der Waals surface area contributed by atoms with Crippen molar-refractivity contribution in [3.63, 3.8) is 0 Å². The third kappa shape index (κ3) is 7.20. The van der Waals surface area contributed by atoms with E-state index >= 15 is 0 Å². The third-order valence-corrected chi connectivity index (χ3v) is 4.74. The molecule has 31 heavy (non-hydrogen) atoms. The summed E-state index contributed by atoms with van der Waals surface area (Å²) in [5.74, 6) is 0. The Kier molecular flexibility index (Phi) is 8.78. The van der Waals surface area contributed by atoms with Gasteiger partial charge in [0.2, 0.25) is 0 Å². The van der Waals surface area contributed by atoms with E-state index in [-0.39, 0.29) is 0 Å². The van der Waals surface area contributed by atoms with Crippen LogP contribution in [0.15, 0.2) is 60.7 Å². The standard InChI is InChI=1S/2C11H14N2.H2O4S/c2*1-9-8-10-4-2-3-5-11(10)13(9)7-6-12;1-5(2,3)4/h2*2-5,8H,6-7,12H2,1H3;(H2,1,2,3,4). The summed E-state index contributed by atoms with van der Waals surface area (Å²) in [5.41, 5.74) is 16.3. The molecular weight excluding hydrogens is 416 g/mol.